The molecule has 9 heteroatoms. The summed E-state index contributed by atoms with van der Waals surface area (Å²) in [5, 5.41) is 20.4. The molecule has 0 aliphatic heterocycles. The van der Waals surface area contributed by atoms with Gasteiger partial charge in [-0.3, -0.25) is 4.79 Å². The SMILES string of the molecule is N#CC(=C(O)COC(=O)CCCOc1ccc(Cl)cc1Cl)c1nc2ccccc2[nH]1. The molecule has 154 valence electrons. The van der Waals surface area contributed by atoms with Gasteiger partial charge in [0, 0.05) is 11.4 Å². The Labute approximate surface area is 182 Å². The number of H-pyrrole nitrogens is 1. The number of fused-ring (bicyclic) bond motifs is 1. The molecule has 1 heterocycles. The summed E-state index contributed by atoms with van der Waals surface area (Å²) in [5.41, 5.74) is 1.30. The van der Waals surface area contributed by atoms with E-state index >= 15 is 0 Å². The topological polar surface area (TPSA) is 108 Å². The van der Waals surface area contributed by atoms with Crippen LogP contribution in [-0.2, 0) is 9.53 Å². The molecule has 1 aromatic heterocycles. The maximum atomic E-state index is 11.9. The fourth-order valence-electron chi connectivity index (χ4n) is 2.61. The Hall–Kier alpha value is -3.21. The summed E-state index contributed by atoms with van der Waals surface area (Å²) in [5.74, 6) is -0.233. The monoisotopic (exact) mass is 445 g/mol. The summed E-state index contributed by atoms with van der Waals surface area (Å²) >= 11 is 11.8. The van der Waals surface area contributed by atoms with Crippen molar-refractivity contribution in [3.63, 3.8) is 0 Å². The number of nitrogens with zero attached hydrogens (tertiary/aromatic N) is 2. The molecule has 0 bridgehead atoms. The third kappa shape index (κ3) is 5.44. The zero-order valence-electron chi connectivity index (χ0n) is 15.7. The van der Waals surface area contributed by atoms with Gasteiger partial charge in [0.15, 0.2) is 11.6 Å². The highest BCUT2D eigenvalue weighted by molar-refractivity contribution is 6.35. The van der Waals surface area contributed by atoms with Crippen molar-refractivity contribution in [2.75, 3.05) is 13.2 Å². The molecule has 0 amide bonds. The number of carbonyl (C=O) groups is 1. The Morgan fingerprint density at radius 3 is 2.77 bits per heavy atom. The molecule has 0 aliphatic rings. The number of carbonyl (C=O) groups excluding carboxylic acids is 1. The van der Waals surface area contributed by atoms with Crippen LogP contribution in [0.3, 0.4) is 0 Å². The van der Waals surface area contributed by atoms with Gasteiger partial charge in [-0.2, -0.15) is 5.26 Å². The number of para-hydroxylation sites is 2. The van der Waals surface area contributed by atoms with Crippen molar-refractivity contribution in [3.05, 3.63) is 64.1 Å². The van der Waals surface area contributed by atoms with Crippen LogP contribution in [0.5, 0.6) is 5.75 Å². The van der Waals surface area contributed by atoms with E-state index in [-0.39, 0.29) is 30.2 Å². The molecule has 2 aromatic carbocycles. The Morgan fingerprint density at radius 2 is 2.03 bits per heavy atom. The Kier molecular flexibility index (Phi) is 7.17. The second kappa shape index (κ2) is 10.0. The lowest BCUT2D eigenvalue weighted by Gasteiger charge is -2.08. The van der Waals surface area contributed by atoms with E-state index in [1.54, 1.807) is 30.3 Å². The van der Waals surface area contributed by atoms with Crippen LogP contribution < -0.4 is 4.74 Å². The molecular formula is C21H17Cl2N3O4. The molecule has 0 unspecified atom stereocenters. The number of rotatable bonds is 8. The van der Waals surface area contributed by atoms with E-state index in [0.29, 0.717) is 27.7 Å². The van der Waals surface area contributed by atoms with Gasteiger partial charge in [0.05, 0.1) is 22.7 Å². The Balaban J connectivity index is 1.49. The minimum atomic E-state index is -0.533. The smallest absolute Gasteiger partial charge is 0.306 e. The molecule has 3 aromatic rings. The van der Waals surface area contributed by atoms with E-state index in [9.17, 15) is 15.2 Å². The van der Waals surface area contributed by atoms with Gasteiger partial charge in [0.2, 0.25) is 0 Å². The second-order valence-corrected chi connectivity index (χ2v) is 7.07. The largest absolute Gasteiger partial charge is 0.507 e. The summed E-state index contributed by atoms with van der Waals surface area (Å²) in [6.07, 6.45) is 0.460. The highest BCUT2D eigenvalue weighted by Gasteiger charge is 2.15. The Morgan fingerprint density at radius 1 is 1.23 bits per heavy atom. The van der Waals surface area contributed by atoms with Gasteiger partial charge >= 0.3 is 5.97 Å². The van der Waals surface area contributed by atoms with Crippen LogP contribution in [0.25, 0.3) is 16.6 Å². The number of aliphatic hydroxyl groups is 1. The van der Waals surface area contributed by atoms with Crippen LogP contribution in [0, 0.1) is 11.3 Å². The van der Waals surface area contributed by atoms with Gasteiger partial charge in [-0.1, -0.05) is 35.3 Å². The number of esters is 1. The van der Waals surface area contributed by atoms with Gasteiger partial charge in [-0.05, 0) is 36.8 Å². The molecule has 0 saturated heterocycles. The number of hydrogen-bond acceptors (Lipinski definition) is 6. The van der Waals surface area contributed by atoms with Crippen molar-refractivity contribution < 1.29 is 19.4 Å². The lowest BCUT2D eigenvalue weighted by molar-refractivity contribution is -0.143. The van der Waals surface area contributed by atoms with Crippen LogP contribution >= 0.6 is 23.2 Å². The van der Waals surface area contributed by atoms with Crippen LogP contribution in [0.1, 0.15) is 18.7 Å². The third-order valence-corrected chi connectivity index (χ3v) is 4.60. The Bertz CT molecular complexity index is 1100. The number of imidazole rings is 1. The van der Waals surface area contributed by atoms with Crippen molar-refractivity contribution in [2.45, 2.75) is 12.8 Å². The van der Waals surface area contributed by atoms with Gasteiger partial charge < -0.3 is 19.6 Å². The molecular weight excluding hydrogens is 429 g/mol. The number of benzene rings is 2. The van der Waals surface area contributed by atoms with Gasteiger partial charge in [-0.15, -0.1) is 0 Å². The maximum Gasteiger partial charge on any atom is 0.306 e. The predicted octanol–water partition coefficient (Wildman–Crippen LogP) is 5.06. The minimum absolute atomic E-state index is 0.0744. The number of allylic oxidation sites excluding steroid dienone is 1. The third-order valence-electron chi connectivity index (χ3n) is 4.07. The van der Waals surface area contributed by atoms with E-state index < -0.39 is 12.6 Å². The molecule has 0 spiro atoms. The quantitative estimate of drug-likeness (QED) is 0.217. The van der Waals surface area contributed by atoms with E-state index in [0.717, 1.165) is 5.52 Å². The second-order valence-electron chi connectivity index (χ2n) is 6.22. The number of aromatic nitrogens is 2. The zero-order chi connectivity index (χ0) is 21.5. The lowest BCUT2D eigenvalue weighted by atomic mass is 10.2. The average molecular weight is 446 g/mol. The van der Waals surface area contributed by atoms with E-state index in [1.165, 1.54) is 0 Å². The van der Waals surface area contributed by atoms with Gasteiger partial charge in [0.25, 0.3) is 0 Å². The predicted molar refractivity (Wildman–Crippen MR) is 113 cm³/mol. The summed E-state index contributed by atoms with van der Waals surface area (Å²) in [4.78, 5) is 19.1. The molecule has 0 aliphatic carbocycles. The molecule has 0 radical (unpaired) electrons. The number of hydrogen-bond donors (Lipinski definition) is 2. The van der Waals surface area contributed by atoms with Crippen LogP contribution in [0.2, 0.25) is 10.0 Å². The van der Waals surface area contributed by atoms with Gasteiger partial charge in [0.1, 0.15) is 24.0 Å². The highest BCUT2D eigenvalue weighted by Crippen LogP contribution is 2.27. The van der Waals surface area contributed by atoms with E-state index in [4.69, 9.17) is 32.7 Å². The standard InChI is InChI=1S/C21H17Cl2N3O4/c22-13-7-8-19(15(23)10-13)29-9-3-6-20(28)30-12-18(27)14(11-24)21-25-16-4-1-2-5-17(16)26-21/h1-2,4-5,7-8,10,27H,3,6,9,12H2,(H,25,26). The van der Waals surface area contributed by atoms with Crippen molar-refractivity contribution in [1.82, 2.24) is 9.97 Å². The zero-order valence-corrected chi connectivity index (χ0v) is 17.2. The first kappa shape index (κ1) is 21.5. The normalized spacial score (nSPS) is 11.6. The van der Waals surface area contributed by atoms with Crippen molar-refractivity contribution in [1.29, 1.82) is 5.26 Å². The number of halogens is 2. The van der Waals surface area contributed by atoms with E-state index in [1.807, 2.05) is 18.2 Å². The van der Waals surface area contributed by atoms with Crippen LogP contribution in [0.15, 0.2) is 48.2 Å². The van der Waals surface area contributed by atoms with Crippen LogP contribution in [-0.4, -0.2) is 34.3 Å². The molecule has 2 N–H and O–H groups in total. The number of ether oxygens (including phenoxy) is 2. The molecule has 0 saturated carbocycles. The summed E-state index contributed by atoms with van der Waals surface area (Å²) in [7, 11) is 0. The highest BCUT2D eigenvalue weighted by atomic mass is 35.5. The molecule has 30 heavy (non-hydrogen) atoms. The van der Waals surface area contributed by atoms with Gasteiger partial charge in [-0.25, -0.2) is 4.98 Å². The van der Waals surface area contributed by atoms with Crippen LogP contribution in [0.4, 0.5) is 0 Å². The maximum absolute atomic E-state index is 11.9. The minimum Gasteiger partial charge on any atom is -0.507 e. The first-order valence-corrected chi connectivity index (χ1v) is 9.74. The summed E-state index contributed by atoms with van der Waals surface area (Å²) < 4.78 is 10.5. The van der Waals surface area contributed by atoms with E-state index in [2.05, 4.69) is 9.97 Å². The molecule has 3 rings (SSSR count). The summed E-state index contributed by atoms with van der Waals surface area (Å²) in [6.45, 7) is -0.177. The lowest BCUT2D eigenvalue weighted by Crippen LogP contribution is -2.10. The van der Waals surface area contributed by atoms with Crippen molar-refractivity contribution >= 4 is 45.8 Å². The number of aromatic amines is 1. The fraction of sp³-hybridized carbons (Fsp3) is 0.190. The molecule has 7 nitrogen and oxygen atoms in total. The molecule has 0 fully saturated rings. The first-order valence-electron chi connectivity index (χ1n) is 8.98. The number of aliphatic hydroxyl groups excluding tert-OH is 1. The average Bonchev–Trinajstić information content (AvgIpc) is 3.15. The first-order chi connectivity index (χ1) is 14.5. The molecule has 0 atom stereocenters. The fourth-order valence-corrected chi connectivity index (χ4v) is 3.07. The van der Waals surface area contributed by atoms with Crippen molar-refractivity contribution in [3.8, 4) is 11.8 Å². The van der Waals surface area contributed by atoms with Crippen molar-refractivity contribution in [2.24, 2.45) is 0 Å². The summed E-state index contributed by atoms with van der Waals surface area (Å²) in [6, 6.07) is 14.0. The number of nitrogens with one attached hydrogen (secondary N) is 1. The number of nitriles is 1.